The number of hydrogen-bond acceptors (Lipinski definition) is 7. The van der Waals surface area contributed by atoms with Crippen molar-refractivity contribution in [1.29, 1.82) is 0 Å². The summed E-state index contributed by atoms with van der Waals surface area (Å²) < 4.78 is 12.8. The predicted octanol–water partition coefficient (Wildman–Crippen LogP) is 12.5. The van der Waals surface area contributed by atoms with Gasteiger partial charge in [0.25, 0.3) is 0 Å². The number of benzene rings is 7. The van der Waals surface area contributed by atoms with Gasteiger partial charge in [0.05, 0.1) is 0 Å². The van der Waals surface area contributed by atoms with E-state index in [2.05, 4.69) is 36.4 Å². The summed E-state index contributed by atoms with van der Waals surface area (Å²) >= 11 is 0. The molecule has 0 amide bonds. The SMILES string of the molecule is c1ccc(-c2cccc(-c3nc(-c4ccccc4)nc(-c4ccc5c(c4)oc4ccc(-c6nc(-c7ccccc7)c7oc8ccccc8c7n6)cc45)n3)c2)cc1. The highest BCUT2D eigenvalue weighted by Gasteiger charge is 2.20. The Labute approximate surface area is 320 Å². The van der Waals surface area contributed by atoms with E-state index in [9.17, 15) is 0 Å². The summed E-state index contributed by atoms with van der Waals surface area (Å²) in [7, 11) is 0. The van der Waals surface area contributed by atoms with Crippen molar-refractivity contribution in [3.63, 3.8) is 0 Å². The Hall–Kier alpha value is -7.77. The molecule has 0 saturated carbocycles. The standard InChI is InChI=1S/C49H29N5O2/c1-4-13-30(14-5-1)33-19-12-20-34(27-33)48-52-46(32-17-8-3-9-18-32)53-49(54-48)36-23-25-37-39-28-35(24-26-41(39)55-42(37)29-36)47-50-43(31-15-6-2-7-16-31)45-44(51-47)38-21-10-11-22-40(38)56-45/h1-29H. The van der Waals surface area contributed by atoms with Crippen LogP contribution in [0, 0.1) is 0 Å². The Morgan fingerprint density at radius 2 is 0.839 bits per heavy atom. The zero-order chi connectivity index (χ0) is 37.0. The molecule has 0 N–H and O–H groups in total. The fraction of sp³-hybridized carbons (Fsp3) is 0. The molecule has 0 radical (unpaired) electrons. The van der Waals surface area contributed by atoms with Crippen molar-refractivity contribution in [2.24, 2.45) is 0 Å². The summed E-state index contributed by atoms with van der Waals surface area (Å²) in [4.78, 5) is 25.2. The second kappa shape index (κ2) is 13.0. The van der Waals surface area contributed by atoms with Gasteiger partial charge in [0, 0.05) is 44.0 Å². The van der Waals surface area contributed by atoms with Crippen LogP contribution >= 0.6 is 0 Å². The molecule has 4 heterocycles. The van der Waals surface area contributed by atoms with Crippen molar-refractivity contribution >= 4 is 44.0 Å². The van der Waals surface area contributed by atoms with Crippen LogP contribution in [0.4, 0.5) is 0 Å². The lowest BCUT2D eigenvalue weighted by Gasteiger charge is -2.09. The largest absolute Gasteiger partial charge is 0.456 e. The molecule has 0 saturated heterocycles. The van der Waals surface area contributed by atoms with E-state index in [1.54, 1.807) is 0 Å². The number of nitrogens with zero attached hydrogens (tertiary/aromatic N) is 5. The third-order valence-corrected chi connectivity index (χ3v) is 10.1. The molecule has 0 spiro atoms. The van der Waals surface area contributed by atoms with Crippen LogP contribution in [0.2, 0.25) is 0 Å². The zero-order valence-electron chi connectivity index (χ0n) is 29.8. The maximum atomic E-state index is 6.48. The maximum absolute atomic E-state index is 6.48. The third kappa shape index (κ3) is 5.49. The fourth-order valence-electron chi connectivity index (χ4n) is 7.39. The molecule has 0 aliphatic rings. The van der Waals surface area contributed by atoms with E-state index in [1.165, 1.54) is 0 Å². The molecular formula is C49H29N5O2. The van der Waals surface area contributed by atoms with E-state index in [4.69, 9.17) is 33.8 Å². The quantitative estimate of drug-likeness (QED) is 0.169. The number of rotatable bonds is 6. The summed E-state index contributed by atoms with van der Waals surface area (Å²) in [5.41, 5.74) is 11.2. The Bertz CT molecular complexity index is 3250. The van der Waals surface area contributed by atoms with Crippen LogP contribution in [0.25, 0.3) is 112 Å². The van der Waals surface area contributed by atoms with Crippen molar-refractivity contribution in [3.05, 3.63) is 176 Å². The molecule has 0 unspecified atom stereocenters. The highest BCUT2D eigenvalue weighted by molar-refractivity contribution is 6.09. The van der Waals surface area contributed by atoms with Crippen LogP contribution in [0.1, 0.15) is 0 Å². The van der Waals surface area contributed by atoms with Crippen LogP contribution in [0.5, 0.6) is 0 Å². The third-order valence-electron chi connectivity index (χ3n) is 10.1. The van der Waals surface area contributed by atoms with Crippen LogP contribution < -0.4 is 0 Å². The lowest BCUT2D eigenvalue weighted by Crippen LogP contribution is -2.00. The number of furan rings is 2. The molecule has 0 aliphatic heterocycles. The maximum Gasteiger partial charge on any atom is 0.180 e. The van der Waals surface area contributed by atoms with Crippen LogP contribution in [-0.2, 0) is 0 Å². The van der Waals surface area contributed by atoms with Crippen LogP contribution in [-0.4, -0.2) is 24.9 Å². The van der Waals surface area contributed by atoms with Gasteiger partial charge in [-0.3, -0.25) is 0 Å². The molecular weight excluding hydrogens is 691 g/mol. The Kier molecular flexibility index (Phi) is 7.35. The molecule has 11 rings (SSSR count). The van der Waals surface area contributed by atoms with E-state index in [0.29, 0.717) is 28.9 Å². The van der Waals surface area contributed by atoms with Crippen LogP contribution in [0.3, 0.4) is 0 Å². The molecule has 0 atom stereocenters. The number of aromatic nitrogens is 5. The molecule has 7 aromatic carbocycles. The minimum Gasteiger partial charge on any atom is -0.456 e. The lowest BCUT2D eigenvalue weighted by atomic mass is 10.0. The average molecular weight is 720 g/mol. The molecule has 0 fully saturated rings. The van der Waals surface area contributed by atoms with Gasteiger partial charge in [0.15, 0.2) is 28.9 Å². The first kappa shape index (κ1) is 31.7. The van der Waals surface area contributed by atoms with E-state index in [-0.39, 0.29) is 0 Å². The Balaban J connectivity index is 1.03. The minimum absolute atomic E-state index is 0.560. The van der Waals surface area contributed by atoms with Crippen molar-refractivity contribution in [2.75, 3.05) is 0 Å². The van der Waals surface area contributed by atoms with Gasteiger partial charge in [0.1, 0.15) is 28.0 Å². The normalized spacial score (nSPS) is 11.6. The van der Waals surface area contributed by atoms with Gasteiger partial charge in [-0.05, 0) is 59.7 Å². The molecule has 4 aromatic heterocycles. The van der Waals surface area contributed by atoms with Crippen molar-refractivity contribution in [1.82, 2.24) is 24.9 Å². The molecule has 0 bridgehead atoms. The average Bonchev–Trinajstić information content (AvgIpc) is 3.84. The van der Waals surface area contributed by atoms with Gasteiger partial charge < -0.3 is 8.83 Å². The van der Waals surface area contributed by atoms with Gasteiger partial charge in [-0.2, -0.15) is 0 Å². The van der Waals surface area contributed by atoms with Gasteiger partial charge in [-0.25, -0.2) is 24.9 Å². The lowest BCUT2D eigenvalue weighted by molar-refractivity contribution is 0.667. The summed E-state index contributed by atoms with van der Waals surface area (Å²) in [6.07, 6.45) is 0. The number of fused-ring (bicyclic) bond motifs is 6. The summed E-state index contributed by atoms with van der Waals surface area (Å²) in [6, 6.07) is 59.0. The summed E-state index contributed by atoms with van der Waals surface area (Å²) in [6.45, 7) is 0. The van der Waals surface area contributed by atoms with Crippen molar-refractivity contribution < 1.29 is 8.83 Å². The highest BCUT2D eigenvalue weighted by Crippen LogP contribution is 2.38. The topological polar surface area (TPSA) is 90.7 Å². The molecule has 0 aliphatic carbocycles. The number of para-hydroxylation sites is 1. The van der Waals surface area contributed by atoms with Crippen molar-refractivity contribution in [2.45, 2.75) is 0 Å². The molecule has 11 aromatic rings. The van der Waals surface area contributed by atoms with Gasteiger partial charge in [-0.1, -0.05) is 127 Å². The molecule has 56 heavy (non-hydrogen) atoms. The first-order valence-electron chi connectivity index (χ1n) is 18.4. The summed E-state index contributed by atoms with van der Waals surface area (Å²) in [5.74, 6) is 2.36. The predicted molar refractivity (Wildman–Crippen MR) is 223 cm³/mol. The van der Waals surface area contributed by atoms with Crippen molar-refractivity contribution in [3.8, 4) is 67.9 Å². The minimum atomic E-state index is 0.560. The van der Waals surface area contributed by atoms with E-state index < -0.39 is 0 Å². The van der Waals surface area contributed by atoms with E-state index in [1.807, 2.05) is 140 Å². The smallest absolute Gasteiger partial charge is 0.180 e. The fourth-order valence-corrected chi connectivity index (χ4v) is 7.39. The zero-order valence-corrected chi connectivity index (χ0v) is 29.8. The number of hydrogen-bond donors (Lipinski definition) is 0. The van der Waals surface area contributed by atoms with Gasteiger partial charge in [-0.15, -0.1) is 0 Å². The Morgan fingerprint density at radius 3 is 1.61 bits per heavy atom. The van der Waals surface area contributed by atoms with E-state index >= 15 is 0 Å². The van der Waals surface area contributed by atoms with Crippen LogP contribution in [0.15, 0.2) is 185 Å². The monoisotopic (exact) mass is 719 g/mol. The van der Waals surface area contributed by atoms with E-state index in [0.717, 1.165) is 83.1 Å². The Morgan fingerprint density at radius 1 is 0.286 bits per heavy atom. The molecule has 7 nitrogen and oxygen atoms in total. The second-order valence-electron chi connectivity index (χ2n) is 13.7. The molecule has 7 heteroatoms. The first-order chi connectivity index (χ1) is 27.7. The summed E-state index contributed by atoms with van der Waals surface area (Å²) in [5, 5.41) is 2.88. The van der Waals surface area contributed by atoms with Gasteiger partial charge >= 0.3 is 0 Å². The second-order valence-corrected chi connectivity index (χ2v) is 13.7. The first-order valence-corrected chi connectivity index (χ1v) is 18.4. The van der Waals surface area contributed by atoms with Gasteiger partial charge in [0.2, 0.25) is 0 Å². The highest BCUT2D eigenvalue weighted by atomic mass is 16.3. The molecule has 262 valence electrons.